The van der Waals surface area contributed by atoms with Gasteiger partial charge >= 0.3 is 11.9 Å². The summed E-state index contributed by atoms with van der Waals surface area (Å²) in [4.78, 5) is 19.3. The van der Waals surface area contributed by atoms with Gasteiger partial charge in [-0.05, 0) is 24.2 Å². The third-order valence-electron chi connectivity index (χ3n) is 3.38. The van der Waals surface area contributed by atoms with Crippen molar-refractivity contribution in [1.82, 2.24) is 0 Å². The van der Waals surface area contributed by atoms with Crippen LogP contribution >= 0.6 is 0 Å². The van der Waals surface area contributed by atoms with Crippen LogP contribution < -0.4 is 0 Å². The van der Waals surface area contributed by atoms with E-state index in [0.717, 1.165) is 5.92 Å². The van der Waals surface area contributed by atoms with Crippen molar-refractivity contribution in [2.45, 2.75) is 79.6 Å². The normalized spacial score (nSPS) is 15.2. The molecule has 0 unspecified atom stereocenters. The van der Waals surface area contributed by atoms with Gasteiger partial charge in [0.25, 0.3) is 0 Å². The molecule has 0 aromatic carbocycles. The van der Waals surface area contributed by atoms with Gasteiger partial charge in [0.2, 0.25) is 0 Å². The van der Waals surface area contributed by atoms with Crippen LogP contribution in [0.25, 0.3) is 0 Å². The zero-order valence-corrected chi connectivity index (χ0v) is 13.7. The molecule has 0 aliphatic heterocycles. The van der Waals surface area contributed by atoms with Gasteiger partial charge in [0.15, 0.2) is 0 Å². The lowest BCUT2D eigenvalue weighted by Crippen LogP contribution is -2.22. The molecule has 1 aliphatic carbocycles. The van der Waals surface area contributed by atoms with E-state index in [9.17, 15) is 9.59 Å². The number of hydrogen-bond donors (Lipinski definition) is 2. The molecular formula is C16H32O4. The molecule has 0 spiro atoms. The maximum absolute atomic E-state index is 9.64. The quantitative estimate of drug-likeness (QED) is 0.797. The second-order valence-electron chi connectivity index (χ2n) is 5.99. The van der Waals surface area contributed by atoms with E-state index in [1.807, 2.05) is 13.8 Å². The SMILES string of the molecule is CC.CC(C)(C)C1CCCCC1.O=C(O)CCC(=O)O. The predicted molar refractivity (Wildman–Crippen MR) is 81.9 cm³/mol. The molecule has 20 heavy (non-hydrogen) atoms. The number of carboxylic acids is 2. The Bertz CT molecular complexity index is 246. The van der Waals surface area contributed by atoms with Crippen molar-refractivity contribution < 1.29 is 19.8 Å². The summed E-state index contributed by atoms with van der Waals surface area (Å²) in [5.74, 6) is -1.15. The van der Waals surface area contributed by atoms with Crippen LogP contribution in [0.15, 0.2) is 0 Å². The maximum atomic E-state index is 9.64. The van der Waals surface area contributed by atoms with Crippen LogP contribution in [0, 0.1) is 11.3 Å². The topological polar surface area (TPSA) is 74.6 Å². The van der Waals surface area contributed by atoms with Crippen molar-refractivity contribution >= 4 is 11.9 Å². The van der Waals surface area contributed by atoms with Crippen LogP contribution in [0.2, 0.25) is 0 Å². The second kappa shape index (κ2) is 11.7. The van der Waals surface area contributed by atoms with Gasteiger partial charge in [0, 0.05) is 0 Å². The fourth-order valence-corrected chi connectivity index (χ4v) is 2.18. The molecule has 0 aromatic rings. The summed E-state index contributed by atoms with van der Waals surface area (Å²) in [6.45, 7) is 11.1. The molecular weight excluding hydrogens is 256 g/mol. The molecule has 120 valence electrons. The minimum absolute atomic E-state index is 0.296. The first-order chi connectivity index (χ1) is 9.23. The van der Waals surface area contributed by atoms with E-state index >= 15 is 0 Å². The zero-order valence-electron chi connectivity index (χ0n) is 13.7. The average molecular weight is 288 g/mol. The largest absolute Gasteiger partial charge is 0.481 e. The Morgan fingerprint density at radius 3 is 1.45 bits per heavy atom. The highest BCUT2D eigenvalue weighted by molar-refractivity contribution is 5.75. The van der Waals surface area contributed by atoms with Gasteiger partial charge in [-0.15, -0.1) is 0 Å². The number of aliphatic carboxylic acids is 2. The molecule has 0 amide bonds. The van der Waals surface area contributed by atoms with Crippen molar-refractivity contribution in [2.24, 2.45) is 11.3 Å². The standard InChI is InChI=1S/C10H20.C4H6O4.C2H6/c1-10(2,3)9-7-5-4-6-8-9;5-3(6)1-2-4(7)8;1-2/h9H,4-8H2,1-3H3;1-2H2,(H,5,6)(H,7,8);1-2H3. The molecule has 0 atom stereocenters. The van der Waals surface area contributed by atoms with Gasteiger partial charge in [-0.1, -0.05) is 53.9 Å². The smallest absolute Gasteiger partial charge is 0.303 e. The summed E-state index contributed by atoms with van der Waals surface area (Å²) in [5, 5.41) is 15.8. The van der Waals surface area contributed by atoms with Crippen molar-refractivity contribution in [3.05, 3.63) is 0 Å². The van der Waals surface area contributed by atoms with E-state index in [4.69, 9.17) is 10.2 Å². The van der Waals surface area contributed by atoms with Crippen molar-refractivity contribution in [1.29, 1.82) is 0 Å². The summed E-state index contributed by atoms with van der Waals surface area (Å²) in [7, 11) is 0. The van der Waals surface area contributed by atoms with Gasteiger partial charge in [-0.25, -0.2) is 0 Å². The summed E-state index contributed by atoms with van der Waals surface area (Å²) < 4.78 is 0. The van der Waals surface area contributed by atoms with Gasteiger partial charge in [-0.2, -0.15) is 0 Å². The monoisotopic (exact) mass is 288 g/mol. The Kier molecular flexibility index (Phi) is 12.5. The first kappa shape index (κ1) is 21.2. The number of carboxylic acid groups (broad SMARTS) is 2. The van der Waals surface area contributed by atoms with E-state index in [1.165, 1.54) is 32.1 Å². The van der Waals surface area contributed by atoms with Crippen LogP contribution in [0.3, 0.4) is 0 Å². The van der Waals surface area contributed by atoms with E-state index in [1.54, 1.807) is 0 Å². The minimum Gasteiger partial charge on any atom is -0.481 e. The second-order valence-corrected chi connectivity index (χ2v) is 5.99. The highest BCUT2D eigenvalue weighted by atomic mass is 16.4. The Morgan fingerprint density at radius 1 is 0.900 bits per heavy atom. The third-order valence-corrected chi connectivity index (χ3v) is 3.38. The molecule has 1 saturated carbocycles. The Morgan fingerprint density at radius 2 is 1.25 bits per heavy atom. The first-order valence-corrected chi connectivity index (χ1v) is 7.67. The number of carbonyl (C=O) groups is 2. The molecule has 4 heteroatoms. The molecule has 0 aromatic heterocycles. The Labute approximate surface area is 123 Å². The van der Waals surface area contributed by atoms with E-state index in [-0.39, 0.29) is 12.8 Å². The molecule has 2 N–H and O–H groups in total. The summed E-state index contributed by atoms with van der Waals surface area (Å²) in [6, 6.07) is 0. The van der Waals surface area contributed by atoms with Gasteiger partial charge in [0.05, 0.1) is 12.8 Å². The lowest BCUT2D eigenvalue weighted by atomic mass is 9.72. The van der Waals surface area contributed by atoms with Crippen LogP contribution in [-0.4, -0.2) is 22.2 Å². The van der Waals surface area contributed by atoms with E-state index in [0.29, 0.717) is 5.41 Å². The molecule has 0 heterocycles. The van der Waals surface area contributed by atoms with Crippen LogP contribution in [0.4, 0.5) is 0 Å². The molecule has 0 radical (unpaired) electrons. The van der Waals surface area contributed by atoms with Crippen molar-refractivity contribution in [3.63, 3.8) is 0 Å². The maximum Gasteiger partial charge on any atom is 0.303 e. The highest BCUT2D eigenvalue weighted by Gasteiger charge is 2.25. The predicted octanol–water partition coefficient (Wildman–Crippen LogP) is 4.57. The minimum atomic E-state index is -1.08. The van der Waals surface area contributed by atoms with Gasteiger partial charge in [-0.3, -0.25) is 9.59 Å². The molecule has 1 fully saturated rings. The molecule has 1 rings (SSSR count). The highest BCUT2D eigenvalue weighted by Crippen LogP contribution is 2.37. The fraction of sp³-hybridized carbons (Fsp3) is 0.875. The number of rotatable bonds is 3. The van der Waals surface area contributed by atoms with Gasteiger partial charge < -0.3 is 10.2 Å². The van der Waals surface area contributed by atoms with E-state index in [2.05, 4.69) is 20.8 Å². The van der Waals surface area contributed by atoms with Gasteiger partial charge in [0.1, 0.15) is 0 Å². The lowest BCUT2D eigenvalue weighted by Gasteiger charge is -2.33. The third kappa shape index (κ3) is 13.4. The summed E-state index contributed by atoms with van der Waals surface area (Å²) >= 11 is 0. The molecule has 0 bridgehead atoms. The number of hydrogen-bond acceptors (Lipinski definition) is 2. The average Bonchev–Trinajstić information content (AvgIpc) is 2.39. The molecule has 4 nitrogen and oxygen atoms in total. The Hall–Kier alpha value is -1.06. The molecule has 1 aliphatic rings. The van der Waals surface area contributed by atoms with Crippen LogP contribution in [0.1, 0.15) is 79.6 Å². The van der Waals surface area contributed by atoms with Crippen LogP contribution in [0.5, 0.6) is 0 Å². The lowest BCUT2D eigenvalue weighted by molar-refractivity contribution is -0.143. The van der Waals surface area contributed by atoms with Crippen molar-refractivity contribution in [3.8, 4) is 0 Å². The first-order valence-electron chi connectivity index (χ1n) is 7.67. The van der Waals surface area contributed by atoms with Crippen molar-refractivity contribution in [2.75, 3.05) is 0 Å². The summed E-state index contributed by atoms with van der Waals surface area (Å²) in [6.07, 6.45) is 6.79. The Balaban J connectivity index is 0. The fourth-order valence-electron chi connectivity index (χ4n) is 2.18. The summed E-state index contributed by atoms with van der Waals surface area (Å²) in [5.41, 5.74) is 0.570. The van der Waals surface area contributed by atoms with Crippen LogP contribution in [-0.2, 0) is 9.59 Å². The molecule has 0 saturated heterocycles. The van der Waals surface area contributed by atoms with E-state index < -0.39 is 11.9 Å². The zero-order chi connectivity index (χ0) is 16.2.